The molecule has 0 radical (unpaired) electrons. The minimum atomic E-state index is -1.33. The number of thiophene rings is 1. The highest BCUT2D eigenvalue weighted by molar-refractivity contribution is 7.97. The number of rotatable bonds is 9. The molecular formula is C27H33ClN4O2S2. The fourth-order valence-electron chi connectivity index (χ4n) is 4.07. The van der Waals surface area contributed by atoms with Gasteiger partial charge >= 0.3 is 0 Å². The molecule has 192 valence electrons. The number of aliphatic hydroxyl groups is 2. The SMILES string of the molecule is C.CC(O)(CO)c1ccnc(-c2cccc3cc(C(NSCC4CC4)C4=C(Cl)CCC(N)=N4)sc23)c1. The van der Waals surface area contributed by atoms with E-state index < -0.39 is 5.60 Å². The number of amidine groups is 1. The van der Waals surface area contributed by atoms with E-state index in [0.29, 0.717) is 24.2 Å². The van der Waals surface area contributed by atoms with Crippen molar-refractivity contribution in [1.82, 2.24) is 9.71 Å². The molecule has 0 saturated heterocycles. The third-order valence-corrected chi connectivity index (χ3v) is 9.12. The minimum absolute atomic E-state index is 0. The summed E-state index contributed by atoms with van der Waals surface area (Å²) in [5.74, 6) is 2.47. The summed E-state index contributed by atoms with van der Waals surface area (Å²) in [6.45, 7) is 1.23. The smallest absolute Gasteiger partial charge is 0.110 e. The zero-order valence-electron chi connectivity index (χ0n) is 19.5. The molecule has 0 amide bonds. The predicted octanol–water partition coefficient (Wildman–Crippen LogP) is 6.09. The maximum atomic E-state index is 10.5. The molecule has 2 atom stereocenters. The van der Waals surface area contributed by atoms with Crippen molar-refractivity contribution in [3.8, 4) is 11.3 Å². The fourth-order valence-corrected chi connectivity index (χ4v) is 6.70. The number of benzene rings is 1. The van der Waals surface area contributed by atoms with Gasteiger partial charge < -0.3 is 15.9 Å². The van der Waals surface area contributed by atoms with Crippen molar-refractivity contribution in [1.29, 1.82) is 0 Å². The molecule has 2 aliphatic rings. The largest absolute Gasteiger partial charge is 0.393 e. The first-order chi connectivity index (χ1) is 16.9. The van der Waals surface area contributed by atoms with Crippen LogP contribution in [-0.4, -0.2) is 33.4 Å². The van der Waals surface area contributed by atoms with Crippen molar-refractivity contribution >= 4 is 50.8 Å². The minimum Gasteiger partial charge on any atom is -0.393 e. The molecule has 3 heterocycles. The summed E-state index contributed by atoms with van der Waals surface area (Å²) >= 11 is 10.1. The van der Waals surface area contributed by atoms with Crippen LogP contribution in [0, 0.1) is 5.92 Å². The van der Waals surface area contributed by atoms with Crippen LogP contribution in [0.15, 0.2) is 58.3 Å². The van der Waals surface area contributed by atoms with Crippen LogP contribution in [-0.2, 0) is 5.60 Å². The maximum Gasteiger partial charge on any atom is 0.110 e. The number of pyridine rings is 1. The van der Waals surface area contributed by atoms with Crippen LogP contribution in [0.5, 0.6) is 0 Å². The molecule has 3 aromatic rings. The zero-order chi connectivity index (χ0) is 24.6. The van der Waals surface area contributed by atoms with Gasteiger partial charge in [-0.15, -0.1) is 11.3 Å². The van der Waals surface area contributed by atoms with E-state index in [1.54, 1.807) is 42.5 Å². The van der Waals surface area contributed by atoms with Crippen molar-refractivity contribution in [3.63, 3.8) is 0 Å². The molecule has 2 unspecified atom stereocenters. The Bertz CT molecular complexity index is 1300. The number of aliphatic imine (C=N–C) groups is 1. The molecule has 5 N–H and O–H groups in total. The van der Waals surface area contributed by atoms with Crippen molar-refractivity contribution in [3.05, 3.63) is 63.8 Å². The third kappa shape index (κ3) is 5.79. The maximum absolute atomic E-state index is 10.5. The molecule has 5 rings (SSSR count). The molecular weight excluding hydrogens is 512 g/mol. The predicted molar refractivity (Wildman–Crippen MR) is 153 cm³/mol. The van der Waals surface area contributed by atoms with Crippen LogP contribution in [0.4, 0.5) is 0 Å². The van der Waals surface area contributed by atoms with E-state index in [-0.39, 0.29) is 20.1 Å². The van der Waals surface area contributed by atoms with Gasteiger partial charge in [0.2, 0.25) is 0 Å². The van der Waals surface area contributed by atoms with Gasteiger partial charge in [0.15, 0.2) is 0 Å². The number of aromatic nitrogens is 1. The number of halogens is 1. The van der Waals surface area contributed by atoms with Crippen LogP contribution in [0.25, 0.3) is 21.3 Å². The van der Waals surface area contributed by atoms with Crippen molar-refractivity contribution in [2.24, 2.45) is 16.6 Å². The normalized spacial score (nSPS) is 18.5. The Kier molecular flexibility index (Phi) is 8.44. The monoisotopic (exact) mass is 544 g/mol. The molecule has 36 heavy (non-hydrogen) atoms. The van der Waals surface area contributed by atoms with Crippen LogP contribution in [0.3, 0.4) is 0 Å². The van der Waals surface area contributed by atoms with Crippen molar-refractivity contribution < 1.29 is 10.2 Å². The lowest BCUT2D eigenvalue weighted by molar-refractivity contribution is -0.00230. The van der Waals surface area contributed by atoms with Crippen LogP contribution in [0.2, 0.25) is 0 Å². The topological polar surface area (TPSA) is 104 Å². The Balaban J connectivity index is 0.00000304. The summed E-state index contributed by atoms with van der Waals surface area (Å²) < 4.78 is 4.73. The first-order valence-corrected chi connectivity index (χ1v) is 13.9. The first kappa shape index (κ1) is 27.1. The number of aliphatic hydroxyl groups excluding tert-OH is 1. The molecule has 0 bridgehead atoms. The summed E-state index contributed by atoms with van der Waals surface area (Å²) in [4.78, 5) is 10.3. The Hall–Kier alpha value is -1.94. The van der Waals surface area contributed by atoms with Crippen LogP contribution < -0.4 is 10.5 Å². The zero-order valence-corrected chi connectivity index (χ0v) is 21.9. The van der Waals surface area contributed by atoms with Gasteiger partial charge in [-0.1, -0.05) is 49.2 Å². The number of hydrogen-bond acceptors (Lipinski definition) is 8. The number of fused-ring (bicyclic) bond motifs is 1. The molecule has 6 nitrogen and oxygen atoms in total. The van der Waals surface area contributed by atoms with Gasteiger partial charge in [0.25, 0.3) is 0 Å². The third-order valence-electron chi connectivity index (χ3n) is 6.45. The summed E-state index contributed by atoms with van der Waals surface area (Å²) in [6.07, 6.45) is 5.66. The van der Waals surface area contributed by atoms with E-state index in [2.05, 4.69) is 26.8 Å². The van der Waals surface area contributed by atoms with Gasteiger partial charge in [0, 0.05) is 38.5 Å². The van der Waals surface area contributed by atoms with Gasteiger partial charge in [0.05, 0.1) is 29.9 Å². The molecule has 1 aromatic carbocycles. The van der Waals surface area contributed by atoms with Gasteiger partial charge in [-0.25, -0.2) is 9.71 Å². The highest BCUT2D eigenvalue weighted by Gasteiger charge is 2.28. The molecule has 1 aliphatic heterocycles. The Labute approximate surface area is 225 Å². The van der Waals surface area contributed by atoms with E-state index in [4.69, 9.17) is 17.3 Å². The van der Waals surface area contributed by atoms with Crippen molar-refractivity contribution in [2.75, 3.05) is 12.4 Å². The second-order valence-corrected chi connectivity index (χ2v) is 11.8. The van der Waals surface area contributed by atoms with E-state index in [0.717, 1.165) is 48.6 Å². The quantitative estimate of drug-likeness (QED) is 0.243. The Morgan fingerprint density at radius 1 is 1.28 bits per heavy atom. The average molecular weight is 545 g/mol. The lowest BCUT2D eigenvalue weighted by Gasteiger charge is -2.22. The molecule has 1 fully saturated rings. The molecule has 9 heteroatoms. The lowest BCUT2D eigenvalue weighted by Crippen LogP contribution is -2.25. The van der Waals surface area contributed by atoms with E-state index in [1.165, 1.54) is 12.8 Å². The number of nitrogens with one attached hydrogen (secondary N) is 1. The average Bonchev–Trinajstić information content (AvgIpc) is 3.59. The number of nitrogens with zero attached hydrogens (tertiary/aromatic N) is 2. The van der Waals surface area contributed by atoms with Gasteiger partial charge in [-0.3, -0.25) is 4.98 Å². The molecule has 0 spiro atoms. The summed E-state index contributed by atoms with van der Waals surface area (Å²) in [7, 11) is 0. The first-order valence-electron chi connectivity index (χ1n) is 11.8. The van der Waals surface area contributed by atoms with Crippen molar-refractivity contribution in [2.45, 2.75) is 51.7 Å². The standard InChI is InChI=1S/C26H29ClN4O2S2.CH4/c1-26(33,14-32)17-9-10-29-20(12-17)18-4-2-3-16-11-21(35-25(16)18)24(31-34-13-15-5-6-15)23-19(27)7-8-22(28)30-23;/h2-4,9-12,15,24,31-33H,5-8,13-14H2,1H3,(H2,28,30);1H4. The summed E-state index contributed by atoms with van der Waals surface area (Å²) in [5, 5.41) is 22.0. The summed E-state index contributed by atoms with van der Waals surface area (Å²) in [5.41, 5.74) is 7.92. The number of hydrogen-bond donors (Lipinski definition) is 4. The second kappa shape index (κ2) is 11.2. The van der Waals surface area contributed by atoms with E-state index in [1.807, 2.05) is 18.2 Å². The highest BCUT2D eigenvalue weighted by atomic mass is 35.5. The van der Waals surface area contributed by atoms with E-state index >= 15 is 0 Å². The highest BCUT2D eigenvalue weighted by Crippen LogP contribution is 2.42. The van der Waals surface area contributed by atoms with Gasteiger partial charge in [-0.05, 0) is 61.3 Å². The fraction of sp³-hybridized carbons (Fsp3) is 0.407. The Morgan fingerprint density at radius 2 is 2.08 bits per heavy atom. The molecule has 1 aliphatic carbocycles. The second-order valence-electron chi connectivity index (χ2n) is 9.43. The molecule has 2 aromatic heterocycles. The molecule has 1 saturated carbocycles. The van der Waals surface area contributed by atoms with Crippen LogP contribution >= 0.6 is 34.9 Å². The van der Waals surface area contributed by atoms with Crippen LogP contribution in [0.1, 0.15) is 56.5 Å². The van der Waals surface area contributed by atoms with Gasteiger partial charge in [-0.2, -0.15) is 0 Å². The summed E-state index contributed by atoms with van der Waals surface area (Å²) in [6, 6.07) is 11.7. The van der Waals surface area contributed by atoms with E-state index in [9.17, 15) is 10.2 Å². The Morgan fingerprint density at radius 3 is 2.83 bits per heavy atom. The number of allylic oxidation sites excluding steroid dienone is 1. The van der Waals surface area contributed by atoms with Gasteiger partial charge in [0.1, 0.15) is 5.60 Å². The number of nitrogens with two attached hydrogens (primary N) is 1. The lowest BCUT2D eigenvalue weighted by atomic mass is 9.96.